The third-order valence-electron chi connectivity index (χ3n) is 5.12. The number of hydrogen-bond donors (Lipinski definition) is 1. The van der Waals surface area contributed by atoms with Gasteiger partial charge in [0.15, 0.2) is 0 Å². The largest absolute Gasteiger partial charge is 0.378 e. The van der Waals surface area contributed by atoms with Crippen LogP contribution in [-0.4, -0.2) is 44.7 Å². The van der Waals surface area contributed by atoms with Crippen LogP contribution < -0.4 is 15.1 Å². The van der Waals surface area contributed by atoms with Gasteiger partial charge in [0.25, 0.3) is 0 Å². The molecule has 2 aromatic carbocycles. The highest BCUT2D eigenvalue weighted by Crippen LogP contribution is 2.28. The Morgan fingerprint density at radius 2 is 1.69 bits per heavy atom. The van der Waals surface area contributed by atoms with Gasteiger partial charge in [0, 0.05) is 20.0 Å². The number of nitrogens with zero attached hydrogens (tertiary/aromatic N) is 2. The summed E-state index contributed by atoms with van der Waals surface area (Å²) < 4.78 is 5.43. The maximum absolute atomic E-state index is 12.9. The van der Waals surface area contributed by atoms with Gasteiger partial charge in [0.1, 0.15) is 6.54 Å². The molecule has 3 rings (SSSR count). The molecule has 0 spiro atoms. The Kier molecular flexibility index (Phi) is 6.54. The maximum atomic E-state index is 12.9. The van der Waals surface area contributed by atoms with Crippen molar-refractivity contribution in [1.82, 2.24) is 0 Å². The van der Waals surface area contributed by atoms with Gasteiger partial charge in [-0.2, -0.15) is 0 Å². The second-order valence-electron chi connectivity index (χ2n) is 7.52. The molecule has 6 heteroatoms. The van der Waals surface area contributed by atoms with E-state index in [0.29, 0.717) is 13.2 Å². The Morgan fingerprint density at radius 3 is 2.31 bits per heavy atom. The van der Waals surface area contributed by atoms with E-state index in [0.717, 1.165) is 46.8 Å². The third-order valence-corrected chi connectivity index (χ3v) is 5.12. The molecule has 0 aromatic heterocycles. The van der Waals surface area contributed by atoms with E-state index in [1.165, 1.54) is 6.92 Å². The molecule has 1 aliphatic rings. The van der Waals surface area contributed by atoms with Gasteiger partial charge in [-0.15, -0.1) is 0 Å². The van der Waals surface area contributed by atoms with Gasteiger partial charge in [-0.25, -0.2) is 0 Å². The Morgan fingerprint density at radius 1 is 1.07 bits per heavy atom. The van der Waals surface area contributed by atoms with Crippen LogP contribution in [0.2, 0.25) is 0 Å². The molecule has 1 saturated heterocycles. The minimum Gasteiger partial charge on any atom is -0.378 e. The van der Waals surface area contributed by atoms with Gasteiger partial charge < -0.3 is 19.9 Å². The summed E-state index contributed by atoms with van der Waals surface area (Å²) >= 11 is 0. The highest BCUT2D eigenvalue weighted by atomic mass is 16.5. The lowest BCUT2D eigenvalue weighted by molar-refractivity contribution is -0.120. The van der Waals surface area contributed by atoms with E-state index in [-0.39, 0.29) is 18.4 Å². The lowest BCUT2D eigenvalue weighted by Crippen LogP contribution is -2.39. The summed E-state index contributed by atoms with van der Waals surface area (Å²) in [4.78, 5) is 29.0. The van der Waals surface area contributed by atoms with Gasteiger partial charge in [-0.1, -0.05) is 29.8 Å². The number of carbonyl (C=O) groups excluding carboxylic acids is 2. The van der Waals surface area contributed by atoms with Crippen molar-refractivity contribution in [2.75, 3.05) is 48.0 Å². The SMILES string of the molecule is CC(=O)N(CC(=O)Nc1ccccc1N1CCOCC1)c1c(C)cc(C)cc1C. The Labute approximate surface area is 172 Å². The fourth-order valence-electron chi connectivity index (χ4n) is 3.94. The topological polar surface area (TPSA) is 61.9 Å². The first-order valence-corrected chi connectivity index (χ1v) is 9.94. The molecule has 0 bridgehead atoms. The molecule has 0 radical (unpaired) electrons. The second-order valence-corrected chi connectivity index (χ2v) is 7.52. The van der Waals surface area contributed by atoms with Crippen LogP contribution in [0, 0.1) is 20.8 Å². The van der Waals surface area contributed by atoms with Crippen LogP contribution in [0.5, 0.6) is 0 Å². The highest BCUT2D eigenvalue weighted by Gasteiger charge is 2.21. The molecule has 1 aliphatic heterocycles. The fraction of sp³-hybridized carbons (Fsp3) is 0.391. The predicted octanol–water partition coefficient (Wildman–Crippen LogP) is 3.44. The van der Waals surface area contributed by atoms with E-state index in [2.05, 4.69) is 10.2 Å². The number of benzene rings is 2. The van der Waals surface area contributed by atoms with Gasteiger partial charge in [0.05, 0.1) is 30.3 Å². The Balaban J connectivity index is 1.80. The van der Waals surface area contributed by atoms with Gasteiger partial charge in [0.2, 0.25) is 11.8 Å². The van der Waals surface area contributed by atoms with Gasteiger partial charge >= 0.3 is 0 Å². The zero-order chi connectivity index (χ0) is 21.0. The first-order valence-electron chi connectivity index (χ1n) is 9.94. The molecule has 1 N–H and O–H groups in total. The number of carbonyl (C=O) groups is 2. The Bertz CT molecular complexity index is 881. The van der Waals surface area contributed by atoms with Crippen LogP contribution >= 0.6 is 0 Å². The number of hydrogen-bond acceptors (Lipinski definition) is 4. The van der Waals surface area contributed by atoms with E-state index in [1.807, 2.05) is 57.2 Å². The Hall–Kier alpha value is -2.86. The molecule has 0 aliphatic carbocycles. The van der Waals surface area contributed by atoms with Crippen LogP contribution in [0.4, 0.5) is 17.1 Å². The number of ether oxygens (including phenoxy) is 1. The summed E-state index contributed by atoms with van der Waals surface area (Å²) in [6.45, 7) is 10.3. The number of nitrogens with one attached hydrogen (secondary N) is 1. The molecule has 154 valence electrons. The molecule has 0 saturated carbocycles. The average Bonchev–Trinajstić information content (AvgIpc) is 2.67. The number of anilines is 3. The third kappa shape index (κ3) is 4.95. The van der Waals surface area contributed by atoms with E-state index >= 15 is 0 Å². The number of para-hydroxylation sites is 2. The van der Waals surface area contributed by atoms with E-state index in [4.69, 9.17) is 4.74 Å². The van der Waals surface area contributed by atoms with Crippen molar-refractivity contribution in [3.05, 3.63) is 53.1 Å². The maximum Gasteiger partial charge on any atom is 0.244 e. The summed E-state index contributed by atoms with van der Waals surface area (Å²) in [5.74, 6) is -0.378. The van der Waals surface area contributed by atoms with Crippen LogP contribution in [0.3, 0.4) is 0 Å². The molecule has 2 amide bonds. The minimum atomic E-state index is -0.222. The number of rotatable bonds is 5. The summed E-state index contributed by atoms with van der Waals surface area (Å²) in [6.07, 6.45) is 0. The first kappa shape index (κ1) is 20.9. The lowest BCUT2D eigenvalue weighted by Gasteiger charge is -2.31. The molecular formula is C23H29N3O3. The average molecular weight is 396 g/mol. The molecule has 2 aromatic rings. The van der Waals surface area contributed by atoms with E-state index in [9.17, 15) is 9.59 Å². The summed E-state index contributed by atoms with van der Waals surface area (Å²) in [5.41, 5.74) is 5.63. The van der Waals surface area contributed by atoms with Crippen molar-refractivity contribution in [2.24, 2.45) is 0 Å². The number of aryl methyl sites for hydroxylation is 3. The van der Waals surface area contributed by atoms with Crippen molar-refractivity contribution in [1.29, 1.82) is 0 Å². The molecule has 1 fully saturated rings. The zero-order valence-electron chi connectivity index (χ0n) is 17.6. The van der Waals surface area contributed by atoms with Crippen LogP contribution in [-0.2, 0) is 14.3 Å². The molecular weight excluding hydrogens is 366 g/mol. The van der Waals surface area contributed by atoms with Crippen LogP contribution in [0.25, 0.3) is 0 Å². The molecule has 29 heavy (non-hydrogen) atoms. The standard InChI is InChI=1S/C23H29N3O3/c1-16-13-17(2)23(18(3)14-16)26(19(4)27)15-22(28)24-20-7-5-6-8-21(20)25-9-11-29-12-10-25/h5-8,13-14H,9-12,15H2,1-4H3,(H,24,28). The molecule has 0 atom stereocenters. The summed E-state index contributed by atoms with van der Waals surface area (Å²) in [6, 6.07) is 11.8. The second kappa shape index (κ2) is 9.09. The zero-order valence-corrected chi connectivity index (χ0v) is 17.6. The number of morpholine rings is 1. The van der Waals surface area contributed by atoms with Crippen molar-refractivity contribution in [2.45, 2.75) is 27.7 Å². The highest BCUT2D eigenvalue weighted by molar-refractivity contribution is 6.03. The summed E-state index contributed by atoms with van der Waals surface area (Å²) in [5, 5.41) is 3.00. The lowest BCUT2D eigenvalue weighted by atomic mass is 10.0. The minimum absolute atomic E-state index is 0.0302. The monoisotopic (exact) mass is 395 g/mol. The smallest absolute Gasteiger partial charge is 0.244 e. The fourth-order valence-corrected chi connectivity index (χ4v) is 3.94. The van der Waals surface area contributed by atoms with Crippen LogP contribution in [0.1, 0.15) is 23.6 Å². The van der Waals surface area contributed by atoms with Crippen molar-refractivity contribution in [3.8, 4) is 0 Å². The first-order chi connectivity index (χ1) is 13.9. The molecule has 0 unspecified atom stereocenters. The predicted molar refractivity (Wildman–Crippen MR) is 117 cm³/mol. The molecule has 1 heterocycles. The van der Waals surface area contributed by atoms with Crippen LogP contribution in [0.15, 0.2) is 36.4 Å². The van der Waals surface area contributed by atoms with Gasteiger partial charge in [-0.3, -0.25) is 9.59 Å². The quantitative estimate of drug-likeness (QED) is 0.842. The van der Waals surface area contributed by atoms with E-state index in [1.54, 1.807) is 4.90 Å². The number of amides is 2. The van der Waals surface area contributed by atoms with Crippen molar-refractivity contribution >= 4 is 28.9 Å². The van der Waals surface area contributed by atoms with E-state index < -0.39 is 0 Å². The van der Waals surface area contributed by atoms with Crippen molar-refractivity contribution in [3.63, 3.8) is 0 Å². The van der Waals surface area contributed by atoms with Gasteiger partial charge in [-0.05, 0) is 44.0 Å². The normalized spacial score (nSPS) is 13.9. The molecule has 6 nitrogen and oxygen atoms in total. The van der Waals surface area contributed by atoms with Crippen molar-refractivity contribution < 1.29 is 14.3 Å². The summed E-state index contributed by atoms with van der Waals surface area (Å²) in [7, 11) is 0.